The highest BCUT2D eigenvalue weighted by Crippen LogP contribution is 2.20. The van der Waals surface area contributed by atoms with Crippen LogP contribution in [0, 0.1) is 0 Å². The molecule has 0 radical (unpaired) electrons. The predicted octanol–water partition coefficient (Wildman–Crippen LogP) is 3.30. The van der Waals surface area contributed by atoms with Gasteiger partial charge in [0.05, 0.1) is 0 Å². The number of nitrogens with one attached hydrogen (secondary N) is 2. The number of thioether (sulfide) groups is 1. The fraction of sp³-hybridized carbons (Fsp3) is 0.357. The number of hydrogen-bond acceptors (Lipinski definition) is 3. The Balaban J connectivity index is 2.08. The van der Waals surface area contributed by atoms with E-state index in [1.54, 1.807) is 11.8 Å². The zero-order valence-corrected chi connectivity index (χ0v) is 11.8. The predicted molar refractivity (Wildman–Crippen MR) is 77.8 cm³/mol. The molecule has 0 aliphatic heterocycles. The number of imidazole rings is 1. The first-order valence-corrected chi connectivity index (χ1v) is 7.33. The van der Waals surface area contributed by atoms with Gasteiger partial charge in [0, 0.05) is 34.9 Å². The maximum absolute atomic E-state index is 4.42. The van der Waals surface area contributed by atoms with Gasteiger partial charge in [0.15, 0.2) is 0 Å². The monoisotopic (exact) mass is 261 g/mol. The van der Waals surface area contributed by atoms with Crippen molar-refractivity contribution in [1.29, 1.82) is 0 Å². The van der Waals surface area contributed by atoms with Crippen molar-refractivity contribution in [3.05, 3.63) is 36.2 Å². The van der Waals surface area contributed by atoms with Gasteiger partial charge < -0.3 is 10.3 Å². The summed E-state index contributed by atoms with van der Waals surface area (Å²) in [5.41, 5.74) is 2.25. The first-order chi connectivity index (χ1) is 8.69. The van der Waals surface area contributed by atoms with Crippen molar-refractivity contribution in [2.45, 2.75) is 31.3 Å². The van der Waals surface area contributed by atoms with E-state index in [9.17, 15) is 0 Å². The van der Waals surface area contributed by atoms with Crippen molar-refractivity contribution in [1.82, 2.24) is 15.3 Å². The topological polar surface area (TPSA) is 40.7 Å². The Kier molecular flexibility index (Phi) is 4.44. The van der Waals surface area contributed by atoms with Gasteiger partial charge >= 0.3 is 0 Å². The molecule has 0 atom stereocenters. The largest absolute Gasteiger partial charge is 0.341 e. The molecule has 18 heavy (non-hydrogen) atoms. The van der Waals surface area contributed by atoms with Crippen LogP contribution in [0.3, 0.4) is 0 Å². The number of hydrogen-bond donors (Lipinski definition) is 2. The Labute approximate surface area is 112 Å². The van der Waals surface area contributed by atoms with E-state index in [4.69, 9.17) is 0 Å². The van der Waals surface area contributed by atoms with Gasteiger partial charge in [-0.15, -0.1) is 11.8 Å². The molecule has 0 bridgehead atoms. The van der Waals surface area contributed by atoms with Crippen LogP contribution in [0.25, 0.3) is 11.4 Å². The first kappa shape index (κ1) is 13.2. The first-order valence-electron chi connectivity index (χ1n) is 6.10. The van der Waals surface area contributed by atoms with E-state index in [1.807, 2.05) is 6.20 Å². The van der Waals surface area contributed by atoms with Crippen molar-refractivity contribution in [3.8, 4) is 11.4 Å². The van der Waals surface area contributed by atoms with Crippen LogP contribution >= 0.6 is 11.8 Å². The molecule has 1 heterocycles. The molecular weight excluding hydrogens is 242 g/mol. The number of benzene rings is 1. The minimum absolute atomic E-state index is 0.484. The van der Waals surface area contributed by atoms with Gasteiger partial charge in [-0.25, -0.2) is 4.98 Å². The van der Waals surface area contributed by atoms with Crippen LogP contribution in [-0.4, -0.2) is 22.3 Å². The molecule has 0 saturated carbocycles. The van der Waals surface area contributed by atoms with Crippen LogP contribution in [0.2, 0.25) is 0 Å². The third-order valence-corrected chi connectivity index (χ3v) is 3.44. The highest BCUT2D eigenvalue weighted by Gasteiger charge is 2.04. The minimum atomic E-state index is 0.484. The second-order valence-electron chi connectivity index (χ2n) is 4.52. The Morgan fingerprint density at radius 2 is 2.00 bits per heavy atom. The average Bonchev–Trinajstić information content (AvgIpc) is 2.85. The van der Waals surface area contributed by atoms with Crippen LogP contribution in [0.15, 0.2) is 35.4 Å². The Bertz CT molecular complexity index is 488. The quantitative estimate of drug-likeness (QED) is 0.811. The van der Waals surface area contributed by atoms with Gasteiger partial charge in [-0.3, -0.25) is 0 Å². The van der Waals surface area contributed by atoms with Crippen molar-refractivity contribution < 1.29 is 0 Å². The summed E-state index contributed by atoms with van der Waals surface area (Å²) in [5.74, 6) is 0.934. The van der Waals surface area contributed by atoms with Crippen molar-refractivity contribution in [2.75, 3.05) is 6.26 Å². The fourth-order valence-electron chi connectivity index (χ4n) is 1.66. The number of rotatable bonds is 5. The van der Waals surface area contributed by atoms with E-state index < -0.39 is 0 Å². The molecule has 0 aliphatic carbocycles. The van der Waals surface area contributed by atoms with E-state index in [0.29, 0.717) is 6.04 Å². The normalized spacial score (nSPS) is 11.1. The van der Waals surface area contributed by atoms with Crippen molar-refractivity contribution in [3.63, 3.8) is 0 Å². The number of H-pyrrole nitrogens is 1. The molecule has 96 valence electrons. The second kappa shape index (κ2) is 6.07. The zero-order valence-electron chi connectivity index (χ0n) is 11.0. The summed E-state index contributed by atoms with van der Waals surface area (Å²) in [5, 5.41) is 3.37. The van der Waals surface area contributed by atoms with E-state index in [-0.39, 0.29) is 0 Å². The third kappa shape index (κ3) is 3.37. The molecule has 2 rings (SSSR count). The summed E-state index contributed by atoms with van der Waals surface area (Å²) in [6.45, 7) is 5.10. The molecule has 0 unspecified atom stereocenters. The van der Waals surface area contributed by atoms with Gasteiger partial charge in [-0.1, -0.05) is 26.0 Å². The molecule has 0 saturated heterocycles. The highest BCUT2D eigenvalue weighted by molar-refractivity contribution is 7.98. The maximum Gasteiger partial charge on any atom is 0.137 e. The molecule has 0 fully saturated rings. The van der Waals surface area contributed by atoms with E-state index in [1.165, 1.54) is 4.90 Å². The molecule has 0 spiro atoms. The summed E-state index contributed by atoms with van der Waals surface area (Å²) >= 11 is 1.75. The molecular formula is C14H19N3S. The molecule has 1 aromatic heterocycles. The molecule has 3 nitrogen and oxygen atoms in total. The summed E-state index contributed by atoms with van der Waals surface area (Å²) in [6.07, 6.45) is 3.98. The van der Waals surface area contributed by atoms with Gasteiger partial charge in [0.25, 0.3) is 0 Å². The zero-order chi connectivity index (χ0) is 13.0. The molecule has 2 aromatic rings. The summed E-state index contributed by atoms with van der Waals surface area (Å²) in [6, 6.07) is 8.93. The van der Waals surface area contributed by atoms with Gasteiger partial charge in [-0.2, -0.15) is 0 Å². The van der Waals surface area contributed by atoms with Crippen molar-refractivity contribution >= 4 is 11.8 Å². The molecule has 2 N–H and O–H groups in total. The van der Waals surface area contributed by atoms with E-state index in [2.05, 4.69) is 59.7 Å². The maximum atomic E-state index is 4.42. The van der Waals surface area contributed by atoms with E-state index in [0.717, 1.165) is 23.6 Å². The lowest BCUT2D eigenvalue weighted by molar-refractivity contribution is 0.583. The van der Waals surface area contributed by atoms with E-state index >= 15 is 0 Å². The molecule has 0 aliphatic rings. The van der Waals surface area contributed by atoms with Crippen LogP contribution in [0.1, 0.15) is 19.5 Å². The smallest absolute Gasteiger partial charge is 0.137 e. The summed E-state index contributed by atoms with van der Waals surface area (Å²) in [4.78, 5) is 9.03. The van der Waals surface area contributed by atoms with Gasteiger partial charge in [-0.05, 0) is 18.4 Å². The third-order valence-electron chi connectivity index (χ3n) is 2.69. The standard InChI is InChI=1S/C14H19N3S/c1-10(2)15-8-12-9-16-14(17-12)11-4-6-13(18-3)7-5-11/h4-7,9-10,15H,8H2,1-3H3,(H,16,17). The molecule has 4 heteroatoms. The lowest BCUT2D eigenvalue weighted by Crippen LogP contribution is -2.21. The van der Waals surface area contributed by atoms with Gasteiger partial charge in [0.1, 0.15) is 5.82 Å². The Morgan fingerprint density at radius 3 is 2.61 bits per heavy atom. The van der Waals surface area contributed by atoms with Crippen LogP contribution < -0.4 is 5.32 Å². The lowest BCUT2D eigenvalue weighted by Gasteiger charge is -2.05. The number of nitrogens with zero attached hydrogens (tertiary/aromatic N) is 1. The molecule has 1 aromatic carbocycles. The second-order valence-corrected chi connectivity index (χ2v) is 5.40. The van der Waals surface area contributed by atoms with Crippen molar-refractivity contribution in [2.24, 2.45) is 0 Å². The number of aromatic amines is 1. The lowest BCUT2D eigenvalue weighted by atomic mass is 10.2. The fourth-order valence-corrected chi connectivity index (χ4v) is 2.07. The average molecular weight is 261 g/mol. The van der Waals surface area contributed by atoms with Gasteiger partial charge in [0.2, 0.25) is 0 Å². The molecule has 0 amide bonds. The van der Waals surface area contributed by atoms with Crippen LogP contribution in [0.5, 0.6) is 0 Å². The Morgan fingerprint density at radius 1 is 1.28 bits per heavy atom. The summed E-state index contributed by atoms with van der Waals surface area (Å²) in [7, 11) is 0. The summed E-state index contributed by atoms with van der Waals surface area (Å²) < 4.78 is 0. The minimum Gasteiger partial charge on any atom is -0.341 e. The SMILES string of the molecule is CSc1ccc(-c2ncc(CNC(C)C)[nH]2)cc1. The highest BCUT2D eigenvalue weighted by atomic mass is 32.2. The van der Waals surface area contributed by atoms with Crippen LogP contribution in [0.4, 0.5) is 0 Å². The number of aromatic nitrogens is 2. The Hall–Kier alpha value is -1.26. The van der Waals surface area contributed by atoms with Crippen LogP contribution in [-0.2, 0) is 6.54 Å².